The summed E-state index contributed by atoms with van der Waals surface area (Å²) in [5.41, 5.74) is 5.99. The predicted molar refractivity (Wildman–Crippen MR) is 68.2 cm³/mol. The van der Waals surface area contributed by atoms with Crippen LogP contribution in [0.1, 0.15) is 59.3 Å². The molecule has 3 unspecified atom stereocenters. The molecule has 0 bridgehead atoms. The Morgan fingerprint density at radius 2 is 2.06 bits per heavy atom. The average Bonchev–Trinajstić information content (AvgIpc) is 2.27. The number of carbonyl (C=O) groups excluding carboxylic acids is 1. The molecule has 0 spiro atoms. The first kappa shape index (κ1) is 13.7. The summed E-state index contributed by atoms with van der Waals surface area (Å²) in [6.45, 7) is 6.48. The maximum atomic E-state index is 12.2. The molecule has 1 rings (SSSR count). The summed E-state index contributed by atoms with van der Waals surface area (Å²) in [6.07, 6.45) is 6.72. The molecule has 2 heteroatoms. The maximum absolute atomic E-state index is 12.2. The summed E-state index contributed by atoms with van der Waals surface area (Å²) in [6, 6.07) is -0.222. The van der Waals surface area contributed by atoms with E-state index >= 15 is 0 Å². The van der Waals surface area contributed by atoms with Crippen molar-refractivity contribution in [2.24, 2.45) is 23.5 Å². The van der Waals surface area contributed by atoms with Crippen LogP contribution in [0.25, 0.3) is 0 Å². The highest BCUT2D eigenvalue weighted by Crippen LogP contribution is 2.32. The Morgan fingerprint density at radius 1 is 1.38 bits per heavy atom. The molecule has 1 aliphatic rings. The van der Waals surface area contributed by atoms with Crippen LogP contribution in [0.2, 0.25) is 0 Å². The van der Waals surface area contributed by atoms with Crippen molar-refractivity contribution in [3.8, 4) is 0 Å². The van der Waals surface area contributed by atoms with Gasteiger partial charge in [-0.3, -0.25) is 4.79 Å². The fraction of sp³-hybridized carbons (Fsp3) is 0.929. The van der Waals surface area contributed by atoms with Crippen molar-refractivity contribution in [2.75, 3.05) is 0 Å². The molecule has 0 radical (unpaired) electrons. The van der Waals surface area contributed by atoms with Gasteiger partial charge in [0, 0.05) is 5.92 Å². The lowest BCUT2D eigenvalue weighted by Crippen LogP contribution is -2.38. The third-order valence-electron chi connectivity index (χ3n) is 3.85. The third-order valence-corrected chi connectivity index (χ3v) is 3.85. The molecular formula is C14H27NO. The zero-order valence-electron chi connectivity index (χ0n) is 11.0. The van der Waals surface area contributed by atoms with Gasteiger partial charge in [0.15, 0.2) is 5.78 Å². The second kappa shape index (κ2) is 6.39. The van der Waals surface area contributed by atoms with E-state index in [1.54, 1.807) is 0 Å². The number of hydrogen-bond donors (Lipinski definition) is 1. The topological polar surface area (TPSA) is 43.1 Å². The second-order valence-electron chi connectivity index (χ2n) is 5.78. The van der Waals surface area contributed by atoms with Gasteiger partial charge in [-0.15, -0.1) is 0 Å². The van der Waals surface area contributed by atoms with Crippen LogP contribution in [-0.2, 0) is 4.79 Å². The van der Waals surface area contributed by atoms with Gasteiger partial charge in [-0.2, -0.15) is 0 Å². The Bertz CT molecular complexity index is 225. The van der Waals surface area contributed by atoms with Crippen molar-refractivity contribution in [2.45, 2.75) is 65.3 Å². The van der Waals surface area contributed by atoms with E-state index in [0.29, 0.717) is 11.7 Å². The molecule has 0 amide bonds. The van der Waals surface area contributed by atoms with Crippen LogP contribution < -0.4 is 5.73 Å². The van der Waals surface area contributed by atoms with Gasteiger partial charge in [0.1, 0.15) is 0 Å². The number of hydrogen-bond acceptors (Lipinski definition) is 2. The van der Waals surface area contributed by atoms with Crippen molar-refractivity contribution in [1.29, 1.82) is 0 Å². The highest BCUT2D eigenvalue weighted by atomic mass is 16.1. The first-order chi connectivity index (χ1) is 7.54. The second-order valence-corrected chi connectivity index (χ2v) is 5.78. The SMILES string of the molecule is CCC1CCCC(C(=O)C(N)CC(C)C)C1. The van der Waals surface area contributed by atoms with Crippen molar-refractivity contribution in [3.05, 3.63) is 0 Å². The van der Waals surface area contributed by atoms with Crippen LogP contribution in [-0.4, -0.2) is 11.8 Å². The molecule has 1 saturated carbocycles. The molecule has 0 aromatic heterocycles. The Kier molecular flexibility index (Phi) is 5.47. The summed E-state index contributed by atoms with van der Waals surface area (Å²) >= 11 is 0. The monoisotopic (exact) mass is 225 g/mol. The zero-order chi connectivity index (χ0) is 12.1. The van der Waals surface area contributed by atoms with Gasteiger partial charge in [0.05, 0.1) is 6.04 Å². The fourth-order valence-electron chi connectivity index (χ4n) is 2.85. The van der Waals surface area contributed by atoms with Crippen molar-refractivity contribution in [1.82, 2.24) is 0 Å². The highest BCUT2D eigenvalue weighted by Gasteiger charge is 2.29. The first-order valence-corrected chi connectivity index (χ1v) is 6.83. The molecule has 0 saturated heterocycles. The van der Waals surface area contributed by atoms with E-state index in [1.807, 2.05) is 0 Å². The van der Waals surface area contributed by atoms with E-state index in [0.717, 1.165) is 25.2 Å². The van der Waals surface area contributed by atoms with Crippen molar-refractivity contribution < 1.29 is 4.79 Å². The molecule has 3 atom stereocenters. The molecule has 0 heterocycles. The minimum absolute atomic E-state index is 0.222. The molecule has 1 aliphatic carbocycles. The van der Waals surface area contributed by atoms with Crippen LogP contribution >= 0.6 is 0 Å². The minimum atomic E-state index is -0.222. The van der Waals surface area contributed by atoms with Gasteiger partial charge >= 0.3 is 0 Å². The van der Waals surface area contributed by atoms with E-state index in [1.165, 1.54) is 19.3 Å². The average molecular weight is 225 g/mol. The van der Waals surface area contributed by atoms with Crippen LogP contribution in [0.4, 0.5) is 0 Å². The maximum Gasteiger partial charge on any atom is 0.152 e. The standard InChI is InChI=1S/C14H27NO/c1-4-11-6-5-7-12(9-11)14(16)13(15)8-10(2)3/h10-13H,4-9,15H2,1-3H3. The predicted octanol–water partition coefficient (Wildman–Crippen LogP) is 3.15. The smallest absolute Gasteiger partial charge is 0.152 e. The largest absolute Gasteiger partial charge is 0.321 e. The molecule has 1 fully saturated rings. The van der Waals surface area contributed by atoms with Gasteiger partial charge < -0.3 is 5.73 Å². The lowest BCUT2D eigenvalue weighted by molar-refractivity contribution is -0.126. The van der Waals surface area contributed by atoms with E-state index < -0.39 is 0 Å². The fourth-order valence-corrected chi connectivity index (χ4v) is 2.85. The van der Waals surface area contributed by atoms with Crippen LogP contribution in [0.15, 0.2) is 0 Å². The Balaban J connectivity index is 2.46. The number of rotatable bonds is 5. The van der Waals surface area contributed by atoms with Crippen molar-refractivity contribution >= 4 is 5.78 Å². The summed E-state index contributed by atoms with van der Waals surface area (Å²) < 4.78 is 0. The normalized spacial score (nSPS) is 28.1. The van der Waals surface area contributed by atoms with Gasteiger partial charge in [-0.1, -0.05) is 40.0 Å². The molecule has 94 valence electrons. The molecule has 2 N–H and O–H groups in total. The Labute approximate surface area is 100.0 Å². The van der Waals surface area contributed by atoms with E-state index in [2.05, 4.69) is 20.8 Å². The van der Waals surface area contributed by atoms with Crippen LogP contribution in [0.3, 0.4) is 0 Å². The summed E-state index contributed by atoms with van der Waals surface area (Å²) in [7, 11) is 0. The lowest BCUT2D eigenvalue weighted by atomic mass is 9.76. The van der Waals surface area contributed by atoms with Crippen molar-refractivity contribution in [3.63, 3.8) is 0 Å². The number of ketones is 1. The number of nitrogens with two attached hydrogens (primary N) is 1. The summed E-state index contributed by atoms with van der Waals surface area (Å²) in [5.74, 6) is 1.86. The Morgan fingerprint density at radius 3 is 2.62 bits per heavy atom. The lowest BCUT2D eigenvalue weighted by Gasteiger charge is -2.29. The minimum Gasteiger partial charge on any atom is -0.321 e. The molecule has 16 heavy (non-hydrogen) atoms. The molecule has 2 nitrogen and oxygen atoms in total. The molecular weight excluding hydrogens is 198 g/mol. The molecule has 0 aromatic rings. The van der Waals surface area contributed by atoms with Gasteiger partial charge in [-0.25, -0.2) is 0 Å². The summed E-state index contributed by atoms with van der Waals surface area (Å²) in [5, 5.41) is 0. The van der Waals surface area contributed by atoms with E-state index in [-0.39, 0.29) is 12.0 Å². The Hall–Kier alpha value is -0.370. The molecule has 0 aromatic carbocycles. The molecule has 0 aliphatic heterocycles. The first-order valence-electron chi connectivity index (χ1n) is 6.83. The van der Waals surface area contributed by atoms with Gasteiger partial charge in [-0.05, 0) is 31.1 Å². The third kappa shape index (κ3) is 3.89. The summed E-state index contributed by atoms with van der Waals surface area (Å²) in [4.78, 5) is 12.2. The number of carbonyl (C=O) groups is 1. The van der Waals surface area contributed by atoms with E-state index in [4.69, 9.17) is 5.73 Å². The van der Waals surface area contributed by atoms with Gasteiger partial charge in [0.2, 0.25) is 0 Å². The quantitative estimate of drug-likeness (QED) is 0.781. The van der Waals surface area contributed by atoms with Gasteiger partial charge in [0.25, 0.3) is 0 Å². The zero-order valence-corrected chi connectivity index (χ0v) is 11.0. The van der Waals surface area contributed by atoms with Crippen LogP contribution in [0, 0.1) is 17.8 Å². The van der Waals surface area contributed by atoms with E-state index in [9.17, 15) is 4.79 Å². The highest BCUT2D eigenvalue weighted by molar-refractivity contribution is 5.86. The van der Waals surface area contributed by atoms with Crippen LogP contribution in [0.5, 0.6) is 0 Å². The number of Topliss-reactive ketones (excluding diaryl/α,β-unsaturated/α-hetero) is 1.